The molecule has 2 aromatic carbocycles. The minimum absolute atomic E-state index is 0.00766. The summed E-state index contributed by atoms with van der Waals surface area (Å²) in [7, 11) is 1.57. The molecule has 0 aliphatic rings. The highest BCUT2D eigenvalue weighted by molar-refractivity contribution is 6.06. The standard InChI is InChI=1S/C19H19N3O2/c1-13-4-5-14(2)18(10-13)21-12-15(11-20)19(23)22-16-6-8-17(24-3)9-7-16/h4-10,12,21H,1-3H3,(H,22,23)/b15-12-. The lowest BCUT2D eigenvalue weighted by Gasteiger charge is -2.08. The van der Waals surface area contributed by atoms with Gasteiger partial charge in [-0.2, -0.15) is 5.26 Å². The van der Waals surface area contributed by atoms with E-state index in [1.165, 1.54) is 6.20 Å². The van der Waals surface area contributed by atoms with Crippen molar-refractivity contribution in [1.29, 1.82) is 5.26 Å². The van der Waals surface area contributed by atoms with Gasteiger partial charge in [-0.1, -0.05) is 12.1 Å². The molecule has 0 aliphatic carbocycles. The molecule has 2 aromatic rings. The van der Waals surface area contributed by atoms with Crippen LogP contribution in [0.5, 0.6) is 5.75 Å². The monoisotopic (exact) mass is 321 g/mol. The third-order valence-corrected chi connectivity index (χ3v) is 3.48. The predicted octanol–water partition coefficient (Wildman–Crippen LogP) is 3.77. The Kier molecular flexibility index (Phi) is 5.58. The van der Waals surface area contributed by atoms with Crippen LogP contribution >= 0.6 is 0 Å². The summed E-state index contributed by atoms with van der Waals surface area (Å²) in [5.41, 5.74) is 3.57. The highest BCUT2D eigenvalue weighted by Crippen LogP contribution is 2.18. The Morgan fingerprint density at radius 1 is 1.17 bits per heavy atom. The number of nitrogens with one attached hydrogen (secondary N) is 2. The quantitative estimate of drug-likeness (QED) is 0.649. The Bertz CT molecular complexity index is 802. The average Bonchev–Trinajstić information content (AvgIpc) is 2.59. The molecule has 0 saturated heterocycles. The van der Waals surface area contributed by atoms with Crippen LogP contribution in [0.2, 0.25) is 0 Å². The molecular formula is C19H19N3O2. The minimum atomic E-state index is -0.472. The number of benzene rings is 2. The summed E-state index contributed by atoms with van der Waals surface area (Å²) >= 11 is 0. The summed E-state index contributed by atoms with van der Waals surface area (Å²) < 4.78 is 5.06. The molecule has 2 rings (SSSR count). The second-order valence-corrected chi connectivity index (χ2v) is 5.32. The molecule has 2 N–H and O–H groups in total. The summed E-state index contributed by atoms with van der Waals surface area (Å²) in [5, 5.41) is 14.9. The van der Waals surface area contributed by atoms with E-state index < -0.39 is 5.91 Å². The first-order valence-corrected chi connectivity index (χ1v) is 7.43. The number of hydrogen-bond donors (Lipinski definition) is 2. The van der Waals surface area contributed by atoms with Crippen molar-refractivity contribution in [2.45, 2.75) is 13.8 Å². The van der Waals surface area contributed by atoms with Gasteiger partial charge in [0.2, 0.25) is 0 Å². The van der Waals surface area contributed by atoms with E-state index in [1.807, 2.05) is 38.1 Å². The molecule has 0 spiro atoms. The molecule has 5 nitrogen and oxygen atoms in total. The average molecular weight is 321 g/mol. The summed E-state index contributed by atoms with van der Waals surface area (Å²) in [6, 6.07) is 14.8. The third-order valence-electron chi connectivity index (χ3n) is 3.48. The highest BCUT2D eigenvalue weighted by Gasteiger charge is 2.09. The molecule has 0 aromatic heterocycles. The van der Waals surface area contributed by atoms with E-state index in [1.54, 1.807) is 31.4 Å². The molecule has 24 heavy (non-hydrogen) atoms. The van der Waals surface area contributed by atoms with E-state index >= 15 is 0 Å². The molecule has 0 atom stereocenters. The first kappa shape index (κ1) is 17.1. The molecule has 1 amide bonds. The van der Waals surface area contributed by atoms with Gasteiger partial charge in [0.15, 0.2) is 0 Å². The van der Waals surface area contributed by atoms with Crippen molar-refractivity contribution in [3.05, 3.63) is 65.4 Å². The van der Waals surface area contributed by atoms with Crippen LogP contribution in [0.1, 0.15) is 11.1 Å². The zero-order valence-corrected chi connectivity index (χ0v) is 13.9. The Morgan fingerprint density at radius 3 is 2.50 bits per heavy atom. The van der Waals surface area contributed by atoms with Crippen molar-refractivity contribution in [3.8, 4) is 11.8 Å². The van der Waals surface area contributed by atoms with Crippen LogP contribution in [0, 0.1) is 25.2 Å². The van der Waals surface area contributed by atoms with Gasteiger partial charge in [0, 0.05) is 17.6 Å². The van der Waals surface area contributed by atoms with Gasteiger partial charge >= 0.3 is 0 Å². The Labute approximate surface area is 141 Å². The van der Waals surface area contributed by atoms with Crippen molar-refractivity contribution in [3.63, 3.8) is 0 Å². The summed E-state index contributed by atoms with van der Waals surface area (Å²) in [5.74, 6) is 0.223. The number of nitrogens with zero attached hydrogens (tertiary/aromatic N) is 1. The number of methoxy groups -OCH3 is 1. The maximum absolute atomic E-state index is 12.2. The molecule has 0 radical (unpaired) electrons. The van der Waals surface area contributed by atoms with E-state index in [-0.39, 0.29) is 5.57 Å². The topological polar surface area (TPSA) is 74.1 Å². The first-order chi connectivity index (χ1) is 11.5. The maximum Gasteiger partial charge on any atom is 0.267 e. The Balaban J connectivity index is 2.10. The lowest BCUT2D eigenvalue weighted by Crippen LogP contribution is -2.14. The van der Waals surface area contributed by atoms with E-state index in [2.05, 4.69) is 10.6 Å². The van der Waals surface area contributed by atoms with Crippen molar-refractivity contribution in [1.82, 2.24) is 0 Å². The number of amides is 1. The van der Waals surface area contributed by atoms with Gasteiger partial charge in [-0.3, -0.25) is 4.79 Å². The predicted molar refractivity (Wildman–Crippen MR) is 94.9 cm³/mol. The molecule has 0 fully saturated rings. The summed E-state index contributed by atoms with van der Waals surface area (Å²) in [6.45, 7) is 3.94. The number of hydrogen-bond acceptors (Lipinski definition) is 4. The summed E-state index contributed by atoms with van der Waals surface area (Å²) in [4.78, 5) is 12.2. The number of rotatable bonds is 5. The number of aryl methyl sites for hydroxylation is 2. The molecule has 0 heterocycles. The normalized spacial score (nSPS) is 10.7. The van der Waals surface area contributed by atoms with Gasteiger partial charge in [-0.05, 0) is 55.3 Å². The van der Waals surface area contributed by atoms with Crippen LogP contribution in [0.25, 0.3) is 0 Å². The van der Waals surface area contributed by atoms with Crippen LogP contribution in [0.4, 0.5) is 11.4 Å². The molecule has 0 aliphatic heterocycles. The number of ether oxygens (including phenoxy) is 1. The van der Waals surface area contributed by atoms with Gasteiger partial charge in [0.05, 0.1) is 7.11 Å². The number of carbonyl (C=O) groups excluding carboxylic acids is 1. The second-order valence-electron chi connectivity index (χ2n) is 5.32. The zero-order chi connectivity index (χ0) is 17.5. The fraction of sp³-hybridized carbons (Fsp3) is 0.158. The van der Waals surface area contributed by atoms with E-state index in [0.29, 0.717) is 11.4 Å². The van der Waals surface area contributed by atoms with Crippen molar-refractivity contribution < 1.29 is 9.53 Å². The Hall–Kier alpha value is -3.26. The fourth-order valence-corrected chi connectivity index (χ4v) is 2.06. The lowest BCUT2D eigenvalue weighted by atomic mass is 10.1. The van der Waals surface area contributed by atoms with Crippen molar-refractivity contribution >= 4 is 17.3 Å². The van der Waals surface area contributed by atoms with E-state index in [0.717, 1.165) is 16.8 Å². The summed E-state index contributed by atoms with van der Waals surface area (Å²) in [6.07, 6.45) is 1.42. The van der Waals surface area contributed by atoms with Gasteiger partial charge < -0.3 is 15.4 Å². The number of carbonyl (C=O) groups is 1. The molecule has 122 valence electrons. The zero-order valence-electron chi connectivity index (χ0n) is 13.9. The lowest BCUT2D eigenvalue weighted by molar-refractivity contribution is -0.112. The van der Waals surface area contributed by atoms with Crippen LogP contribution < -0.4 is 15.4 Å². The number of nitriles is 1. The highest BCUT2D eigenvalue weighted by atomic mass is 16.5. The van der Waals surface area contributed by atoms with Gasteiger partial charge in [0.1, 0.15) is 17.4 Å². The first-order valence-electron chi connectivity index (χ1n) is 7.43. The largest absolute Gasteiger partial charge is 0.497 e. The van der Waals surface area contributed by atoms with E-state index in [4.69, 9.17) is 4.74 Å². The van der Waals surface area contributed by atoms with Crippen LogP contribution in [-0.2, 0) is 4.79 Å². The van der Waals surface area contributed by atoms with Crippen LogP contribution in [0.3, 0.4) is 0 Å². The Morgan fingerprint density at radius 2 is 1.88 bits per heavy atom. The minimum Gasteiger partial charge on any atom is -0.497 e. The molecular weight excluding hydrogens is 302 g/mol. The van der Waals surface area contributed by atoms with Gasteiger partial charge in [0.25, 0.3) is 5.91 Å². The smallest absolute Gasteiger partial charge is 0.267 e. The second kappa shape index (κ2) is 7.84. The molecule has 0 saturated carbocycles. The molecule has 0 unspecified atom stereocenters. The van der Waals surface area contributed by atoms with Gasteiger partial charge in [-0.25, -0.2) is 0 Å². The van der Waals surface area contributed by atoms with Crippen LogP contribution in [-0.4, -0.2) is 13.0 Å². The molecule has 5 heteroatoms. The number of anilines is 2. The van der Waals surface area contributed by atoms with E-state index in [9.17, 15) is 10.1 Å². The van der Waals surface area contributed by atoms with Crippen LogP contribution in [0.15, 0.2) is 54.2 Å². The third kappa shape index (κ3) is 4.37. The van der Waals surface area contributed by atoms with Gasteiger partial charge in [-0.15, -0.1) is 0 Å². The SMILES string of the molecule is COc1ccc(NC(=O)/C(C#N)=C\Nc2cc(C)ccc2C)cc1. The molecule has 0 bridgehead atoms. The van der Waals surface area contributed by atoms with Crippen molar-refractivity contribution in [2.75, 3.05) is 17.7 Å². The van der Waals surface area contributed by atoms with Crippen molar-refractivity contribution in [2.24, 2.45) is 0 Å². The maximum atomic E-state index is 12.2. The fourth-order valence-electron chi connectivity index (χ4n) is 2.06.